The summed E-state index contributed by atoms with van der Waals surface area (Å²) in [6.07, 6.45) is 1.32. The smallest absolute Gasteiger partial charge is 0.449 e. The van der Waals surface area contributed by atoms with Crippen molar-refractivity contribution in [2.24, 2.45) is 0 Å². The summed E-state index contributed by atoms with van der Waals surface area (Å²) in [5.74, 6) is 0.537. The highest BCUT2D eigenvalue weighted by Gasteiger charge is 2.12. The van der Waals surface area contributed by atoms with Gasteiger partial charge in [0.25, 0.3) is 0 Å². The number of fused-ring (bicyclic) bond motifs is 1. The van der Waals surface area contributed by atoms with Crippen LogP contribution in [-0.2, 0) is 0 Å². The van der Waals surface area contributed by atoms with Crippen molar-refractivity contribution in [2.45, 2.75) is 9.79 Å². The third-order valence-corrected chi connectivity index (χ3v) is 4.97. The van der Waals surface area contributed by atoms with Gasteiger partial charge in [-0.25, -0.2) is 14.5 Å². The second kappa shape index (κ2) is 6.74. The van der Waals surface area contributed by atoms with Crippen LogP contribution in [0.1, 0.15) is 0 Å². The van der Waals surface area contributed by atoms with Crippen LogP contribution in [0.3, 0.4) is 0 Å². The Kier molecular flexibility index (Phi) is 4.27. The molecule has 2 heterocycles. The molecule has 0 spiro atoms. The molecule has 4 rings (SSSR count). The zero-order chi connectivity index (χ0) is 18.1. The highest BCUT2D eigenvalue weighted by molar-refractivity contribution is 7.99. The summed E-state index contributed by atoms with van der Waals surface area (Å²) < 4.78 is 5.96. The van der Waals surface area contributed by atoms with Crippen LogP contribution in [0.4, 0.5) is 4.79 Å². The second-order valence-electron chi connectivity index (χ2n) is 5.26. The van der Waals surface area contributed by atoms with Crippen molar-refractivity contribution in [3.8, 4) is 11.7 Å². The summed E-state index contributed by atoms with van der Waals surface area (Å²) in [7, 11) is 0. The SMILES string of the molecule is O=C(O)Oc1cnn(-c2nc3cc(Sc4ccccc4)c(Cl)cc3[nH]2)c1. The fourth-order valence-electron chi connectivity index (χ4n) is 2.38. The number of hydrogen-bond acceptors (Lipinski definition) is 5. The molecule has 4 aromatic rings. The third-order valence-electron chi connectivity index (χ3n) is 3.48. The zero-order valence-electron chi connectivity index (χ0n) is 13.1. The third kappa shape index (κ3) is 3.37. The van der Waals surface area contributed by atoms with Gasteiger partial charge < -0.3 is 14.8 Å². The number of rotatable bonds is 4. The van der Waals surface area contributed by atoms with Gasteiger partial charge in [-0.05, 0) is 24.3 Å². The number of nitrogens with one attached hydrogen (secondary N) is 1. The first-order valence-corrected chi connectivity index (χ1v) is 8.66. The maximum Gasteiger partial charge on any atom is 0.511 e. The maximum absolute atomic E-state index is 10.6. The number of aromatic nitrogens is 4. The molecule has 0 atom stereocenters. The van der Waals surface area contributed by atoms with Crippen molar-refractivity contribution in [3.63, 3.8) is 0 Å². The van der Waals surface area contributed by atoms with E-state index in [9.17, 15) is 4.79 Å². The minimum atomic E-state index is -1.40. The minimum Gasteiger partial charge on any atom is -0.449 e. The molecule has 0 saturated heterocycles. The predicted octanol–water partition coefficient (Wildman–Crippen LogP) is 4.61. The van der Waals surface area contributed by atoms with Gasteiger partial charge in [-0.1, -0.05) is 41.6 Å². The molecule has 7 nitrogen and oxygen atoms in total. The second-order valence-corrected chi connectivity index (χ2v) is 6.79. The van der Waals surface area contributed by atoms with E-state index in [1.54, 1.807) is 17.8 Å². The van der Waals surface area contributed by atoms with Crippen molar-refractivity contribution >= 4 is 40.6 Å². The molecule has 26 heavy (non-hydrogen) atoms. The van der Waals surface area contributed by atoms with Crippen LogP contribution in [0.25, 0.3) is 17.0 Å². The number of hydrogen-bond donors (Lipinski definition) is 2. The largest absolute Gasteiger partial charge is 0.511 e. The van der Waals surface area contributed by atoms with E-state index in [0.29, 0.717) is 11.0 Å². The number of halogens is 1. The summed E-state index contributed by atoms with van der Waals surface area (Å²) in [4.78, 5) is 20.1. The molecule has 0 aliphatic rings. The monoisotopic (exact) mass is 386 g/mol. The first kappa shape index (κ1) is 16.5. The van der Waals surface area contributed by atoms with E-state index in [1.165, 1.54) is 17.1 Å². The molecule has 0 unspecified atom stereocenters. The fourth-order valence-corrected chi connectivity index (χ4v) is 3.53. The van der Waals surface area contributed by atoms with E-state index in [2.05, 4.69) is 19.8 Å². The van der Waals surface area contributed by atoms with Gasteiger partial charge in [0.15, 0.2) is 5.75 Å². The van der Waals surface area contributed by atoms with Crippen LogP contribution < -0.4 is 4.74 Å². The van der Waals surface area contributed by atoms with Crippen LogP contribution in [-0.4, -0.2) is 31.0 Å². The van der Waals surface area contributed by atoms with Crippen molar-refractivity contribution in [1.82, 2.24) is 19.7 Å². The first-order valence-electron chi connectivity index (χ1n) is 7.46. The standard InChI is InChI=1S/C17H11ClN4O3S/c18-12-6-13-14(7-15(12)26-11-4-2-1-3-5-11)21-16(20-13)22-9-10(8-19-22)25-17(23)24/h1-9H,(H,20,21)(H,23,24). The van der Waals surface area contributed by atoms with E-state index in [0.717, 1.165) is 20.8 Å². The Bertz CT molecular complexity index is 1090. The molecule has 9 heteroatoms. The Morgan fingerprint density at radius 1 is 1.27 bits per heavy atom. The van der Waals surface area contributed by atoms with E-state index in [-0.39, 0.29) is 5.75 Å². The fraction of sp³-hybridized carbons (Fsp3) is 0. The number of aromatic amines is 1. The molecule has 0 saturated carbocycles. The number of carboxylic acid groups (broad SMARTS) is 1. The number of ether oxygens (including phenoxy) is 1. The van der Waals surface area contributed by atoms with Gasteiger partial charge in [0.1, 0.15) is 0 Å². The molecule has 0 aliphatic carbocycles. The van der Waals surface area contributed by atoms with E-state index in [4.69, 9.17) is 16.7 Å². The average molecular weight is 387 g/mol. The molecule has 2 N–H and O–H groups in total. The molecular formula is C17H11ClN4O3S. The summed E-state index contributed by atoms with van der Waals surface area (Å²) in [5, 5.41) is 13.3. The molecular weight excluding hydrogens is 376 g/mol. The lowest BCUT2D eigenvalue weighted by atomic mass is 10.3. The number of imidazole rings is 1. The van der Waals surface area contributed by atoms with Crippen molar-refractivity contribution in [1.29, 1.82) is 0 Å². The Balaban J connectivity index is 1.67. The van der Waals surface area contributed by atoms with Gasteiger partial charge in [-0.3, -0.25) is 0 Å². The van der Waals surface area contributed by atoms with E-state index in [1.807, 2.05) is 36.4 Å². The lowest BCUT2D eigenvalue weighted by Crippen LogP contribution is -2.02. The molecule has 2 aromatic heterocycles. The number of nitrogens with zero attached hydrogens (tertiary/aromatic N) is 3. The van der Waals surface area contributed by atoms with Crippen LogP contribution >= 0.6 is 23.4 Å². The van der Waals surface area contributed by atoms with E-state index < -0.39 is 6.16 Å². The quantitative estimate of drug-likeness (QED) is 0.497. The van der Waals surface area contributed by atoms with Crippen molar-refractivity contribution in [2.75, 3.05) is 0 Å². The van der Waals surface area contributed by atoms with Gasteiger partial charge in [-0.2, -0.15) is 5.10 Å². The maximum atomic E-state index is 10.6. The van der Waals surface area contributed by atoms with Gasteiger partial charge in [0.2, 0.25) is 5.95 Å². The van der Waals surface area contributed by atoms with Crippen LogP contribution in [0.15, 0.2) is 64.6 Å². The first-order chi connectivity index (χ1) is 12.6. The molecule has 0 aliphatic heterocycles. The Labute approximate surface area is 156 Å². The summed E-state index contributed by atoms with van der Waals surface area (Å²) in [6, 6.07) is 13.6. The van der Waals surface area contributed by atoms with Crippen LogP contribution in [0.5, 0.6) is 5.75 Å². The van der Waals surface area contributed by atoms with Gasteiger partial charge in [0.05, 0.1) is 28.4 Å². The Morgan fingerprint density at radius 2 is 2.08 bits per heavy atom. The van der Waals surface area contributed by atoms with E-state index >= 15 is 0 Å². The lowest BCUT2D eigenvalue weighted by Gasteiger charge is -2.03. The Hall–Kier alpha value is -2.97. The average Bonchev–Trinajstić information content (AvgIpc) is 3.22. The molecule has 0 bridgehead atoms. The summed E-state index contributed by atoms with van der Waals surface area (Å²) in [6.45, 7) is 0. The van der Waals surface area contributed by atoms with Crippen LogP contribution in [0.2, 0.25) is 5.02 Å². The highest BCUT2D eigenvalue weighted by atomic mass is 35.5. The Morgan fingerprint density at radius 3 is 2.85 bits per heavy atom. The predicted molar refractivity (Wildman–Crippen MR) is 97.4 cm³/mol. The summed E-state index contributed by atoms with van der Waals surface area (Å²) in [5.41, 5.74) is 1.47. The van der Waals surface area contributed by atoms with Gasteiger partial charge in [0, 0.05) is 9.79 Å². The highest BCUT2D eigenvalue weighted by Crippen LogP contribution is 2.35. The normalized spacial score (nSPS) is 11.0. The molecule has 0 amide bonds. The van der Waals surface area contributed by atoms with Gasteiger partial charge in [-0.15, -0.1) is 0 Å². The molecule has 0 radical (unpaired) electrons. The number of H-pyrrole nitrogens is 1. The van der Waals surface area contributed by atoms with Crippen molar-refractivity contribution in [3.05, 3.63) is 59.9 Å². The van der Waals surface area contributed by atoms with Crippen LogP contribution in [0, 0.1) is 0 Å². The minimum absolute atomic E-state index is 0.108. The van der Waals surface area contributed by atoms with Gasteiger partial charge >= 0.3 is 6.16 Å². The zero-order valence-corrected chi connectivity index (χ0v) is 14.7. The number of benzene rings is 2. The summed E-state index contributed by atoms with van der Waals surface area (Å²) >= 11 is 7.95. The number of carbonyl (C=O) groups is 1. The molecule has 130 valence electrons. The van der Waals surface area contributed by atoms with Crippen molar-refractivity contribution < 1.29 is 14.6 Å². The molecule has 2 aromatic carbocycles. The molecule has 0 fully saturated rings. The lowest BCUT2D eigenvalue weighted by molar-refractivity contribution is 0.144. The topological polar surface area (TPSA) is 93.0 Å².